The first-order chi connectivity index (χ1) is 16.2. The largest absolute Gasteiger partial charge is 0.377 e. The summed E-state index contributed by atoms with van der Waals surface area (Å²) < 4.78 is 36.9. The summed E-state index contributed by atoms with van der Waals surface area (Å²) in [6.45, 7) is 2.65. The Kier molecular flexibility index (Phi) is 6.44. The molecule has 0 unspecified atom stereocenters. The summed E-state index contributed by atoms with van der Waals surface area (Å²) in [5.41, 5.74) is 0.0884. The summed E-state index contributed by atoms with van der Waals surface area (Å²) in [5.74, 6) is 0. The van der Waals surface area contributed by atoms with Gasteiger partial charge in [-0.25, -0.2) is 13.1 Å². The summed E-state index contributed by atoms with van der Waals surface area (Å²) in [5, 5.41) is 14.6. The molecule has 1 aromatic heterocycles. The van der Waals surface area contributed by atoms with E-state index in [1.165, 1.54) is 21.5 Å². The molecule has 180 valence electrons. The lowest BCUT2D eigenvalue weighted by Crippen LogP contribution is -2.23. The van der Waals surface area contributed by atoms with Crippen LogP contribution in [-0.2, 0) is 21.8 Å². The minimum atomic E-state index is -4.28. The van der Waals surface area contributed by atoms with E-state index in [1.54, 1.807) is 44.3 Å². The number of hydrogen-bond acceptors (Lipinski definition) is 7. The van der Waals surface area contributed by atoms with E-state index in [0.717, 1.165) is 18.9 Å². The van der Waals surface area contributed by atoms with Crippen molar-refractivity contribution in [1.29, 1.82) is 0 Å². The first kappa shape index (κ1) is 23.5. The Morgan fingerprint density at radius 2 is 1.94 bits per heavy atom. The highest BCUT2D eigenvalue weighted by atomic mass is 32.2. The van der Waals surface area contributed by atoms with Gasteiger partial charge in [0.2, 0.25) is 0 Å². The Morgan fingerprint density at radius 3 is 2.59 bits per heavy atom. The van der Waals surface area contributed by atoms with Crippen LogP contribution in [-0.4, -0.2) is 42.0 Å². The summed E-state index contributed by atoms with van der Waals surface area (Å²) in [4.78, 5) is 23.7. The minimum Gasteiger partial charge on any atom is -0.377 e. The quantitative estimate of drug-likeness (QED) is 0.368. The van der Waals surface area contributed by atoms with Crippen molar-refractivity contribution in [2.75, 3.05) is 23.2 Å². The minimum absolute atomic E-state index is 0.0440. The lowest BCUT2D eigenvalue weighted by molar-refractivity contribution is -0.384. The first-order valence-corrected chi connectivity index (χ1v) is 12.2. The lowest BCUT2D eigenvalue weighted by Gasteiger charge is -2.13. The maximum absolute atomic E-state index is 13.1. The van der Waals surface area contributed by atoms with Crippen LogP contribution in [0.3, 0.4) is 0 Å². The molecule has 2 aromatic carbocycles. The van der Waals surface area contributed by atoms with Gasteiger partial charge in [-0.05, 0) is 44.0 Å². The normalized spacial score (nSPS) is 15.9. The van der Waals surface area contributed by atoms with Crippen LogP contribution in [0.1, 0.15) is 18.5 Å². The van der Waals surface area contributed by atoms with E-state index in [-0.39, 0.29) is 28.1 Å². The van der Waals surface area contributed by atoms with Gasteiger partial charge in [-0.1, -0.05) is 18.2 Å². The smallest absolute Gasteiger partial charge is 0.296 e. The van der Waals surface area contributed by atoms with Crippen LogP contribution in [0, 0.1) is 17.0 Å². The van der Waals surface area contributed by atoms with Gasteiger partial charge in [0, 0.05) is 26.3 Å². The Balaban J connectivity index is 1.64. The predicted molar refractivity (Wildman–Crippen MR) is 127 cm³/mol. The zero-order valence-corrected chi connectivity index (χ0v) is 19.5. The highest BCUT2D eigenvalue weighted by Gasteiger charge is 2.26. The van der Waals surface area contributed by atoms with Gasteiger partial charge in [0.1, 0.15) is 11.4 Å². The van der Waals surface area contributed by atoms with Crippen LogP contribution in [0.5, 0.6) is 0 Å². The molecule has 2 N–H and O–H groups in total. The number of hydrogen-bond donors (Lipinski definition) is 2. The first-order valence-electron chi connectivity index (χ1n) is 10.7. The van der Waals surface area contributed by atoms with Gasteiger partial charge in [0.25, 0.3) is 21.3 Å². The number of nitro benzene ring substituents is 1. The number of ether oxygens (including phenoxy) is 1. The van der Waals surface area contributed by atoms with Crippen LogP contribution in [0.15, 0.2) is 58.2 Å². The molecule has 34 heavy (non-hydrogen) atoms. The van der Waals surface area contributed by atoms with Crippen molar-refractivity contribution in [2.45, 2.75) is 30.8 Å². The van der Waals surface area contributed by atoms with E-state index in [9.17, 15) is 23.3 Å². The second-order valence-electron chi connectivity index (χ2n) is 7.99. The number of benzene rings is 2. The zero-order chi connectivity index (χ0) is 24.5. The van der Waals surface area contributed by atoms with Gasteiger partial charge in [-0.2, -0.15) is 0 Å². The molecule has 1 fully saturated rings. The number of aromatic nitrogens is 2. The van der Waals surface area contributed by atoms with Crippen LogP contribution >= 0.6 is 0 Å². The topological polar surface area (TPSA) is 138 Å². The van der Waals surface area contributed by atoms with Gasteiger partial charge >= 0.3 is 0 Å². The number of anilines is 2. The monoisotopic (exact) mass is 487 g/mol. The third-order valence-corrected chi connectivity index (χ3v) is 7.16. The second-order valence-corrected chi connectivity index (χ2v) is 9.68. The molecule has 0 bridgehead atoms. The Labute approximate surface area is 196 Å². The number of rotatable bonds is 8. The third kappa shape index (κ3) is 4.54. The lowest BCUT2D eigenvalue weighted by atomic mass is 10.2. The molecule has 12 heteroatoms. The molecule has 4 rings (SSSR count). The average molecular weight is 488 g/mol. The zero-order valence-electron chi connectivity index (χ0n) is 18.7. The fourth-order valence-electron chi connectivity index (χ4n) is 3.89. The van der Waals surface area contributed by atoms with Crippen molar-refractivity contribution < 1.29 is 18.1 Å². The molecule has 1 aliphatic heterocycles. The molecular formula is C22H25N5O6S. The molecule has 0 aliphatic carbocycles. The molecule has 2 heterocycles. The number of nitro groups is 1. The van der Waals surface area contributed by atoms with E-state index in [0.29, 0.717) is 24.5 Å². The highest BCUT2D eigenvalue weighted by molar-refractivity contribution is 7.92. The number of sulfonamides is 1. The van der Waals surface area contributed by atoms with Crippen molar-refractivity contribution in [3.05, 3.63) is 74.7 Å². The predicted octanol–water partition coefficient (Wildman–Crippen LogP) is 2.78. The van der Waals surface area contributed by atoms with E-state index in [4.69, 9.17) is 4.74 Å². The second kappa shape index (κ2) is 9.31. The fraction of sp³-hybridized carbons (Fsp3) is 0.318. The summed E-state index contributed by atoms with van der Waals surface area (Å²) in [6, 6.07) is 12.4. The van der Waals surface area contributed by atoms with Crippen molar-refractivity contribution in [3.63, 3.8) is 0 Å². The molecule has 0 spiro atoms. The van der Waals surface area contributed by atoms with Crippen molar-refractivity contribution in [3.8, 4) is 5.69 Å². The van der Waals surface area contributed by atoms with E-state index < -0.39 is 20.5 Å². The van der Waals surface area contributed by atoms with Crippen LogP contribution in [0.25, 0.3) is 5.69 Å². The van der Waals surface area contributed by atoms with E-state index in [2.05, 4.69) is 10.0 Å². The summed E-state index contributed by atoms with van der Waals surface area (Å²) in [6.07, 6.45) is 1.74. The van der Waals surface area contributed by atoms with Crippen molar-refractivity contribution in [1.82, 2.24) is 9.36 Å². The SMILES string of the molecule is Cc1c(NS(=O)(=O)c2ccc(NC[C@@H]3CCCO3)c([N+](=O)[O-])c2)c(=O)n(-c2ccccc2)n1C. The van der Waals surface area contributed by atoms with Crippen LogP contribution in [0.2, 0.25) is 0 Å². The number of nitrogens with zero attached hydrogens (tertiary/aromatic N) is 3. The van der Waals surface area contributed by atoms with Crippen molar-refractivity contribution in [2.24, 2.45) is 7.05 Å². The molecule has 1 atom stereocenters. The van der Waals surface area contributed by atoms with Gasteiger partial charge in [0.05, 0.1) is 27.3 Å². The molecule has 0 radical (unpaired) electrons. The maximum Gasteiger partial charge on any atom is 0.296 e. The van der Waals surface area contributed by atoms with Gasteiger partial charge in [0.15, 0.2) is 0 Å². The Bertz CT molecular complexity index is 1370. The molecule has 0 amide bonds. The summed E-state index contributed by atoms with van der Waals surface area (Å²) in [7, 11) is -2.64. The Hall–Kier alpha value is -3.64. The Morgan fingerprint density at radius 1 is 1.21 bits per heavy atom. The average Bonchev–Trinajstić information content (AvgIpc) is 3.41. The van der Waals surface area contributed by atoms with Gasteiger partial charge in [-0.15, -0.1) is 0 Å². The number of para-hydroxylation sites is 1. The standard InChI is InChI=1S/C22H25N5O6S/c1-15-21(22(28)26(25(15)2)16-7-4-3-5-8-16)24-34(31,32)18-10-11-19(20(13-18)27(29)30)23-14-17-9-6-12-33-17/h3-5,7-8,10-11,13,17,23-24H,6,9,12,14H2,1-2H3/t17-/m0/s1. The molecular weight excluding hydrogens is 462 g/mol. The van der Waals surface area contributed by atoms with Crippen LogP contribution in [0.4, 0.5) is 17.1 Å². The van der Waals surface area contributed by atoms with Crippen molar-refractivity contribution >= 4 is 27.1 Å². The molecule has 1 saturated heterocycles. The number of nitrogens with one attached hydrogen (secondary N) is 2. The van der Waals surface area contributed by atoms with E-state index >= 15 is 0 Å². The maximum atomic E-state index is 13.1. The third-order valence-electron chi connectivity index (χ3n) is 5.81. The summed E-state index contributed by atoms with van der Waals surface area (Å²) >= 11 is 0. The molecule has 0 saturated carbocycles. The van der Waals surface area contributed by atoms with Gasteiger partial charge in [-0.3, -0.25) is 24.3 Å². The van der Waals surface area contributed by atoms with E-state index in [1.807, 2.05) is 0 Å². The molecule has 1 aliphatic rings. The van der Waals surface area contributed by atoms with Crippen LogP contribution < -0.4 is 15.6 Å². The molecule has 3 aromatic rings. The molecule has 11 nitrogen and oxygen atoms in total. The van der Waals surface area contributed by atoms with Gasteiger partial charge < -0.3 is 10.1 Å². The highest BCUT2D eigenvalue weighted by Crippen LogP contribution is 2.29. The fourth-order valence-corrected chi connectivity index (χ4v) is 5.02.